The minimum atomic E-state index is -0.536. The minimum Gasteiger partial charge on any atom is -0.369 e. The number of hydrogen-bond acceptors (Lipinski definition) is 2. The second kappa shape index (κ2) is 6.13. The van der Waals surface area contributed by atoms with E-state index in [0.717, 1.165) is 13.0 Å². The predicted molar refractivity (Wildman–Crippen MR) is 75.3 cm³/mol. The molecule has 0 bridgehead atoms. The molecule has 1 aliphatic rings. The average molecular weight is 256 g/mol. The van der Waals surface area contributed by atoms with E-state index in [4.69, 9.17) is 9.26 Å². The summed E-state index contributed by atoms with van der Waals surface area (Å²) >= 11 is 0. The van der Waals surface area contributed by atoms with Crippen molar-refractivity contribution in [3.63, 3.8) is 0 Å². The monoisotopic (exact) mass is 256 g/mol. The Bertz CT molecular complexity index is 275. The summed E-state index contributed by atoms with van der Waals surface area (Å²) in [6.07, 6.45) is 6.63. The minimum absolute atomic E-state index is 0.0552. The van der Waals surface area contributed by atoms with Gasteiger partial charge in [0.25, 0.3) is 0 Å². The molecule has 0 atom stereocenters. The van der Waals surface area contributed by atoms with E-state index in [0.29, 0.717) is 0 Å². The van der Waals surface area contributed by atoms with Crippen LogP contribution in [-0.4, -0.2) is 19.3 Å². The van der Waals surface area contributed by atoms with Crippen molar-refractivity contribution >= 4 is 8.15 Å². The van der Waals surface area contributed by atoms with Crippen LogP contribution in [0.1, 0.15) is 40.5 Å². The topological polar surface area (TPSA) is 18.5 Å². The average Bonchev–Trinajstić information content (AvgIpc) is 2.29. The van der Waals surface area contributed by atoms with Gasteiger partial charge in [-0.2, -0.15) is 0 Å². The third-order valence-electron chi connectivity index (χ3n) is 3.19. The Morgan fingerprint density at radius 2 is 1.76 bits per heavy atom. The summed E-state index contributed by atoms with van der Waals surface area (Å²) in [6, 6.07) is 0. The molecule has 17 heavy (non-hydrogen) atoms. The molecule has 2 nitrogen and oxygen atoms in total. The molecule has 0 saturated carbocycles. The SMILES string of the molecule is CCCCOP1C=CC(OC)(C(C)(C)C)C=C1. The second-order valence-electron chi connectivity index (χ2n) is 5.43. The molecular weight excluding hydrogens is 231 g/mol. The van der Waals surface area contributed by atoms with Crippen molar-refractivity contribution in [2.75, 3.05) is 13.7 Å². The standard InChI is InChI=1S/C14H25O2P/c1-6-7-10-16-17-11-8-14(15-5,9-12-17)13(2,3)4/h8-9,11-12H,6-7,10H2,1-5H3. The molecule has 0 saturated heterocycles. The Morgan fingerprint density at radius 1 is 1.18 bits per heavy atom. The first-order chi connectivity index (χ1) is 7.95. The fourth-order valence-electron chi connectivity index (χ4n) is 1.82. The maximum atomic E-state index is 5.81. The Balaban J connectivity index is 2.62. The summed E-state index contributed by atoms with van der Waals surface area (Å²) in [5, 5.41) is 0. The van der Waals surface area contributed by atoms with Crippen LogP contribution in [-0.2, 0) is 9.26 Å². The van der Waals surface area contributed by atoms with Gasteiger partial charge in [0.05, 0.1) is 14.8 Å². The first-order valence-corrected chi connectivity index (χ1v) is 7.70. The fourth-order valence-corrected chi connectivity index (χ4v) is 3.16. The van der Waals surface area contributed by atoms with E-state index in [1.807, 2.05) is 0 Å². The van der Waals surface area contributed by atoms with Gasteiger partial charge in [0, 0.05) is 7.11 Å². The number of ether oxygens (including phenoxy) is 1. The lowest BCUT2D eigenvalue weighted by Gasteiger charge is -2.40. The Labute approximate surface area is 107 Å². The largest absolute Gasteiger partial charge is 0.369 e. The molecule has 1 aliphatic heterocycles. The van der Waals surface area contributed by atoms with Gasteiger partial charge in [-0.05, 0) is 35.6 Å². The Hall–Kier alpha value is -0.170. The highest BCUT2D eigenvalue weighted by Crippen LogP contribution is 2.49. The van der Waals surface area contributed by atoms with Gasteiger partial charge in [-0.25, -0.2) is 0 Å². The van der Waals surface area contributed by atoms with Crippen molar-refractivity contribution in [3.8, 4) is 0 Å². The lowest BCUT2D eigenvalue weighted by atomic mass is 9.76. The summed E-state index contributed by atoms with van der Waals surface area (Å²) in [6.45, 7) is 9.61. The van der Waals surface area contributed by atoms with Crippen molar-refractivity contribution in [1.82, 2.24) is 0 Å². The molecule has 98 valence electrons. The molecule has 0 aromatic heterocycles. The maximum Gasteiger partial charge on any atom is 0.110 e. The van der Waals surface area contributed by atoms with Crippen molar-refractivity contribution in [2.45, 2.75) is 46.1 Å². The molecule has 0 unspecified atom stereocenters. The molecule has 0 amide bonds. The van der Waals surface area contributed by atoms with E-state index in [1.54, 1.807) is 7.11 Å². The summed E-state index contributed by atoms with van der Waals surface area (Å²) in [5.41, 5.74) is -0.237. The van der Waals surface area contributed by atoms with Crippen LogP contribution in [0.2, 0.25) is 0 Å². The number of methoxy groups -OCH3 is 1. The molecule has 0 aromatic rings. The van der Waals surface area contributed by atoms with Gasteiger partial charge in [0.1, 0.15) is 5.60 Å². The Morgan fingerprint density at radius 3 is 2.18 bits per heavy atom. The molecule has 0 N–H and O–H groups in total. The number of hydrogen-bond donors (Lipinski definition) is 0. The quantitative estimate of drug-likeness (QED) is 0.525. The highest BCUT2D eigenvalue weighted by atomic mass is 31.1. The first kappa shape index (κ1) is 14.9. The fraction of sp³-hybridized carbons (Fsp3) is 0.714. The van der Waals surface area contributed by atoms with E-state index in [2.05, 4.69) is 51.5 Å². The maximum absolute atomic E-state index is 5.81. The molecule has 0 fully saturated rings. The third kappa shape index (κ3) is 3.64. The zero-order valence-electron chi connectivity index (χ0n) is 11.7. The molecule has 0 aromatic carbocycles. The zero-order valence-corrected chi connectivity index (χ0v) is 12.6. The van der Waals surface area contributed by atoms with Crippen LogP contribution >= 0.6 is 8.15 Å². The van der Waals surface area contributed by atoms with E-state index in [1.165, 1.54) is 6.42 Å². The van der Waals surface area contributed by atoms with Crippen molar-refractivity contribution in [1.29, 1.82) is 0 Å². The molecular formula is C14H25O2P. The van der Waals surface area contributed by atoms with Gasteiger partial charge < -0.3 is 9.26 Å². The van der Waals surface area contributed by atoms with Crippen molar-refractivity contribution in [2.24, 2.45) is 5.41 Å². The van der Waals surface area contributed by atoms with Gasteiger partial charge in [-0.3, -0.25) is 0 Å². The van der Waals surface area contributed by atoms with Crippen molar-refractivity contribution in [3.05, 3.63) is 23.8 Å². The third-order valence-corrected chi connectivity index (χ3v) is 4.55. The number of unbranched alkanes of at least 4 members (excludes halogenated alkanes) is 1. The first-order valence-electron chi connectivity index (χ1n) is 6.30. The van der Waals surface area contributed by atoms with E-state index >= 15 is 0 Å². The highest BCUT2D eigenvalue weighted by Gasteiger charge is 2.39. The van der Waals surface area contributed by atoms with E-state index in [9.17, 15) is 0 Å². The van der Waals surface area contributed by atoms with Gasteiger partial charge in [-0.15, -0.1) is 0 Å². The molecule has 3 heteroatoms. The van der Waals surface area contributed by atoms with Crippen LogP contribution < -0.4 is 0 Å². The van der Waals surface area contributed by atoms with E-state index in [-0.39, 0.29) is 11.0 Å². The number of rotatable bonds is 5. The molecule has 0 radical (unpaired) electrons. The summed E-state index contributed by atoms with van der Waals surface area (Å²) in [7, 11) is 1.23. The van der Waals surface area contributed by atoms with Crippen LogP contribution in [0.15, 0.2) is 23.8 Å². The second-order valence-corrected chi connectivity index (χ2v) is 7.00. The van der Waals surface area contributed by atoms with Crippen LogP contribution in [0.3, 0.4) is 0 Å². The van der Waals surface area contributed by atoms with Crippen LogP contribution in [0.25, 0.3) is 0 Å². The summed E-state index contributed by atoms with van der Waals surface area (Å²) in [4.78, 5) is 0. The van der Waals surface area contributed by atoms with Crippen LogP contribution in [0, 0.1) is 5.41 Å². The molecule has 0 aliphatic carbocycles. The highest BCUT2D eigenvalue weighted by molar-refractivity contribution is 7.59. The smallest absolute Gasteiger partial charge is 0.110 e. The molecule has 1 heterocycles. The van der Waals surface area contributed by atoms with Gasteiger partial charge in [0.2, 0.25) is 0 Å². The van der Waals surface area contributed by atoms with Crippen LogP contribution in [0.4, 0.5) is 0 Å². The Kier molecular flexibility index (Phi) is 5.37. The lowest BCUT2D eigenvalue weighted by molar-refractivity contribution is -0.0133. The molecule has 1 rings (SSSR count). The van der Waals surface area contributed by atoms with Gasteiger partial charge in [-0.1, -0.05) is 34.1 Å². The predicted octanol–water partition coefficient (Wildman–Crippen LogP) is 4.67. The van der Waals surface area contributed by atoms with Gasteiger partial charge in [0.15, 0.2) is 0 Å². The van der Waals surface area contributed by atoms with Gasteiger partial charge >= 0.3 is 0 Å². The normalized spacial score (nSPS) is 28.6. The van der Waals surface area contributed by atoms with Crippen molar-refractivity contribution < 1.29 is 9.26 Å². The van der Waals surface area contributed by atoms with E-state index < -0.39 is 8.15 Å². The lowest BCUT2D eigenvalue weighted by Crippen LogP contribution is -2.41. The molecule has 0 spiro atoms. The van der Waals surface area contributed by atoms with Crippen LogP contribution in [0.5, 0.6) is 0 Å². The summed E-state index contributed by atoms with van der Waals surface area (Å²) in [5.74, 6) is 4.33. The summed E-state index contributed by atoms with van der Waals surface area (Å²) < 4.78 is 11.5. The zero-order chi connectivity index (χ0) is 12.9.